The quantitative estimate of drug-likeness (QED) is 0.381. The van der Waals surface area contributed by atoms with Gasteiger partial charge in [-0.15, -0.1) is 0 Å². The van der Waals surface area contributed by atoms with Crippen LogP contribution in [0, 0.1) is 22.7 Å². The Hall–Kier alpha value is -0.950. The standard InChI is InChI=1S/C21H34O6/c1-19(2)15-11-17(24)21(12-27-21)14(20(15,3)9-7-16(19)23)6-5-13(8-10-22)18(25)26-4/h5,14-17,22-24H,6-12H2,1-4H3. The topological polar surface area (TPSA) is 99.5 Å². The van der Waals surface area contributed by atoms with Gasteiger partial charge in [0.1, 0.15) is 5.60 Å². The largest absolute Gasteiger partial charge is 0.466 e. The number of methoxy groups -OCH3 is 1. The van der Waals surface area contributed by atoms with Crippen molar-refractivity contribution >= 4 is 5.97 Å². The number of epoxide rings is 1. The predicted molar refractivity (Wildman–Crippen MR) is 99.8 cm³/mol. The monoisotopic (exact) mass is 382 g/mol. The molecule has 1 saturated heterocycles. The number of rotatable bonds is 5. The van der Waals surface area contributed by atoms with Crippen molar-refractivity contribution in [1.29, 1.82) is 0 Å². The zero-order chi connectivity index (χ0) is 20.0. The zero-order valence-corrected chi connectivity index (χ0v) is 16.9. The predicted octanol–water partition coefficient (Wildman–Crippen LogP) is 1.81. The molecule has 6 heteroatoms. The van der Waals surface area contributed by atoms with Crippen molar-refractivity contribution in [2.75, 3.05) is 20.3 Å². The van der Waals surface area contributed by atoms with Gasteiger partial charge in [0.15, 0.2) is 0 Å². The first-order valence-electron chi connectivity index (χ1n) is 10.0. The third kappa shape index (κ3) is 3.24. The average Bonchev–Trinajstić information content (AvgIpc) is 3.41. The van der Waals surface area contributed by atoms with E-state index in [1.54, 1.807) is 0 Å². The van der Waals surface area contributed by atoms with Gasteiger partial charge in [0.05, 0.1) is 25.9 Å². The number of fused-ring (bicyclic) bond motifs is 1. The van der Waals surface area contributed by atoms with Crippen LogP contribution in [-0.2, 0) is 14.3 Å². The number of carbonyl (C=O) groups is 1. The van der Waals surface area contributed by atoms with Crippen LogP contribution in [0.3, 0.4) is 0 Å². The van der Waals surface area contributed by atoms with Gasteiger partial charge in [0, 0.05) is 24.5 Å². The molecule has 1 spiro atoms. The Balaban J connectivity index is 1.94. The van der Waals surface area contributed by atoms with E-state index < -0.39 is 17.7 Å². The van der Waals surface area contributed by atoms with E-state index in [4.69, 9.17) is 9.47 Å². The molecule has 0 aromatic carbocycles. The van der Waals surface area contributed by atoms with Crippen molar-refractivity contribution in [3.8, 4) is 0 Å². The lowest BCUT2D eigenvalue weighted by molar-refractivity contribution is -0.184. The molecule has 0 radical (unpaired) electrons. The number of hydrogen-bond donors (Lipinski definition) is 3. The Morgan fingerprint density at radius 2 is 1.93 bits per heavy atom. The van der Waals surface area contributed by atoms with E-state index in [9.17, 15) is 20.1 Å². The molecule has 0 aromatic heterocycles. The van der Waals surface area contributed by atoms with Crippen LogP contribution in [0.15, 0.2) is 11.6 Å². The maximum Gasteiger partial charge on any atom is 0.333 e. The van der Waals surface area contributed by atoms with Gasteiger partial charge in [0.25, 0.3) is 0 Å². The first-order valence-corrected chi connectivity index (χ1v) is 10.0. The molecule has 6 unspecified atom stereocenters. The first kappa shape index (κ1) is 20.8. The van der Waals surface area contributed by atoms with Crippen molar-refractivity contribution in [3.63, 3.8) is 0 Å². The second-order valence-electron chi connectivity index (χ2n) is 9.41. The van der Waals surface area contributed by atoms with Crippen molar-refractivity contribution < 1.29 is 29.6 Å². The number of hydrogen-bond acceptors (Lipinski definition) is 6. The van der Waals surface area contributed by atoms with Crippen LogP contribution < -0.4 is 0 Å². The highest BCUT2D eigenvalue weighted by molar-refractivity contribution is 5.88. The number of aliphatic hydroxyl groups excluding tert-OH is 3. The number of esters is 1. The van der Waals surface area contributed by atoms with Crippen molar-refractivity contribution in [1.82, 2.24) is 0 Å². The van der Waals surface area contributed by atoms with Gasteiger partial charge in [-0.2, -0.15) is 0 Å². The fourth-order valence-corrected chi connectivity index (χ4v) is 6.02. The summed E-state index contributed by atoms with van der Waals surface area (Å²) in [6.07, 6.45) is 3.96. The van der Waals surface area contributed by atoms with Crippen LogP contribution in [0.4, 0.5) is 0 Å². The Kier molecular flexibility index (Phi) is 5.49. The molecule has 2 aliphatic carbocycles. The van der Waals surface area contributed by atoms with Crippen LogP contribution >= 0.6 is 0 Å². The summed E-state index contributed by atoms with van der Waals surface area (Å²) >= 11 is 0. The van der Waals surface area contributed by atoms with Crippen LogP contribution in [-0.4, -0.2) is 59.4 Å². The second-order valence-corrected chi connectivity index (χ2v) is 9.41. The molecule has 0 amide bonds. The summed E-state index contributed by atoms with van der Waals surface area (Å²) in [6.45, 7) is 6.86. The third-order valence-corrected chi connectivity index (χ3v) is 7.82. The maximum absolute atomic E-state index is 12.0. The van der Waals surface area contributed by atoms with Crippen molar-refractivity contribution in [3.05, 3.63) is 11.6 Å². The van der Waals surface area contributed by atoms with Gasteiger partial charge in [-0.3, -0.25) is 0 Å². The number of aliphatic hydroxyl groups is 3. The molecule has 0 aromatic rings. The lowest BCUT2D eigenvalue weighted by atomic mass is 9.44. The van der Waals surface area contributed by atoms with Crippen LogP contribution in [0.25, 0.3) is 0 Å². The van der Waals surface area contributed by atoms with Crippen LogP contribution in [0.5, 0.6) is 0 Å². The van der Waals surface area contributed by atoms with Gasteiger partial charge in [-0.1, -0.05) is 26.8 Å². The number of allylic oxidation sites excluding steroid dienone is 1. The summed E-state index contributed by atoms with van der Waals surface area (Å²) in [5, 5.41) is 30.8. The Labute approximate surface area is 161 Å². The van der Waals surface area contributed by atoms with Crippen LogP contribution in [0.1, 0.15) is 52.9 Å². The Bertz CT molecular complexity index is 608. The van der Waals surface area contributed by atoms with E-state index in [0.29, 0.717) is 25.0 Å². The highest BCUT2D eigenvalue weighted by Crippen LogP contribution is 2.66. The molecule has 3 N–H and O–H groups in total. The molecule has 6 nitrogen and oxygen atoms in total. The summed E-state index contributed by atoms with van der Waals surface area (Å²) in [7, 11) is 1.34. The van der Waals surface area contributed by atoms with Crippen molar-refractivity contribution in [2.24, 2.45) is 22.7 Å². The SMILES string of the molecule is COC(=O)C(=CCC1C2(C)CCC(O)C(C)(C)C2CC(O)C12CO2)CCO. The molecule has 154 valence electrons. The molecule has 3 fully saturated rings. The van der Waals surface area contributed by atoms with E-state index in [1.807, 2.05) is 6.08 Å². The molecule has 0 bridgehead atoms. The first-order chi connectivity index (χ1) is 12.6. The molecule has 3 aliphatic rings. The lowest BCUT2D eigenvalue weighted by Crippen LogP contribution is -2.62. The zero-order valence-electron chi connectivity index (χ0n) is 16.9. The molecule has 27 heavy (non-hydrogen) atoms. The minimum absolute atomic E-state index is 0.0453. The summed E-state index contributed by atoms with van der Waals surface area (Å²) in [5.74, 6) is -0.215. The fourth-order valence-electron chi connectivity index (χ4n) is 6.02. The fraction of sp³-hybridized carbons (Fsp3) is 0.857. The van der Waals surface area contributed by atoms with Gasteiger partial charge in [0.2, 0.25) is 0 Å². The van der Waals surface area contributed by atoms with E-state index in [-0.39, 0.29) is 41.8 Å². The summed E-state index contributed by atoms with van der Waals surface area (Å²) in [5.41, 5.74) is -0.482. The smallest absolute Gasteiger partial charge is 0.333 e. The minimum atomic E-state index is -0.571. The van der Waals surface area contributed by atoms with E-state index >= 15 is 0 Å². The third-order valence-electron chi connectivity index (χ3n) is 7.82. The van der Waals surface area contributed by atoms with Crippen LogP contribution in [0.2, 0.25) is 0 Å². The normalized spacial score (nSPS) is 43.3. The van der Waals surface area contributed by atoms with E-state index in [1.165, 1.54) is 7.11 Å². The molecule has 3 rings (SSSR count). The van der Waals surface area contributed by atoms with Crippen molar-refractivity contribution in [2.45, 2.75) is 70.7 Å². The van der Waals surface area contributed by atoms with E-state index in [2.05, 4.69) is 20.8 Å². The number of ether oxygens (including phenoxy) is 2. The summed E-state index contributed by atoms with van der Waals surface area (Å²) < 4.78 is 10.7. The molecule has 2 saturated carbocycles. The van der Waals surface area contributed by atoms with Gasteiger partial charge in [-0.25, -0.2) is 4.79 Å². The molecular weight excluding hydrogens is 348 g/mol. The highest BCUT2D eigenvalue weighted by Gasteiger charge is 2.69. The lowest BCUT2D eigenvalue weighted by Gasteiger charge is -2.61. The van der Waals surface area contributed by atoms with Gasteiger partial charge >= 0.3 is 5.97 Å². The minimum Gasteiger partial charge on any atom is -0.466 e. The second kappa shape index (κ2) is 7.14. The molecular formula is C21H34O6. The average molecular weight is 382 g/mol. The van der Waals surface area contributed by atoms with Gasteiger partial charge < -0.3 is 24.8 Å². The van der Waals surface area contributed by atoms with Gasteiger partial charge in [-0.05, 0) is 42.4 Å². The molecule has 1 heterocycles. The molecule has 6 atom stereocenters. The Morgan fingerprint density at radius 1 is 1.26 bits per heavy atom. The molecule has 1 aliphatic heterocycles. The van der Waals surface area contributed by atoms with E-state index in [0.717, 1.165) is 12.8 Å². The summed E-state index contributed by atoms with van der Waals surface area (Å²) in [6, 6.07) is 0. The highest BCUT2D eigenvalue weighted by atomic mass is 16.6. The Morgan fingerprint density at radius 3 is 2.48 bits per heavy atom. The maximum atomic E-state index is 12.0. The summed E-state index contributed by atoms with van der Waals surface area (Å²) in [4.78, 5) is 12.0. The number of carbonyl (C=O) groups excluding carboxylic acids is 1.